The molecular formula is C25H20BrN3O4. The Bertz CT molecular complexity index is 1280. The molecule has 0 unspecified atom stereocenters. The fraction of sp³-hybridized carbons (Fsp3) is 0.120. The fourth-order valence-corrected chi connectivity index (χ4v) is 3.54. The summed E-state index contributed by atoms with van der Waals surface area (Å²) in [4.78, 5) is 22.6. The molecule has 0 heterocycles. The van der Waals surface area contributed by atoms with Crippen LogP contribution >= 0.6 is 15.9 Å². The molecule has 3 aromatic rings. The van der Waals surface area contributed by atoms with Gasteiger partial charge in [0.25, 0.3) is 11.6 Å². The van der Waals surface area contributed by atoms with Gasteiger partial charge in [0.2, 0.25) is 0 Å². The molecule has 33 heavy (non-hydrogen) atoms. The van der Waals surface area contributed by atoms with Gasteiger partial charge in [0.1, 0.15) is 5.75 Å². The lowest BCUT2D eigenvalue weighted by Crippen LogP contribution is -2.20. The molecule has 3 aromatic carbocycles. The van der Waals surface area contributed by atoms with Crippen LogP contribution in [0.5, 0.6) is 5.75 Å². The predicted molar refractivity (Wildman–Crippen MR) is 131 cm³/mol. The normalized spacial score (nSPS) is 10.9. The average molecular weight is 506 g/mol. The Labute approximate surface area is 199 Å². The van der Waals surface area contributed by atoms with Crippen LogP contribution in [0.25, 0.3) is 11.6 Å². The van der Waals surface area contributed by atoms with E-state index in [-0.39, 0.29) is 18.2 Å². The number of allylic oxidation sites excluding steroid dienone is 1. The number of hydrogen-bond donors (Lipinski definition) is 1. The van der Waals surface area contributed by atoms with E-state index in [1.165, 1.54) is 24.3 Å². The van der Waals surface area contributed by atoms with Crippen LogP contribution < -0.4 is 10.1 Å². The second-order valence-electron chi connectivity index (χ2n) is 7.32. The van der Waals surface area contributed by atoms with Crippen LogP contribution in [-0.4, -0.2) is 17.4 Å². The van der Waals surface area contributed by atoms with Gasteiger partial charge in [0.15, 0.2) is 6.61 Å². The van der Waals surface area contributed by atoms with E-state index in [0.717, 1.165) is 22.4 Å². The summed E-state index contributed by atoms with van der Waals surface area (Å²) in [6.07, 6.45) is 1.67. The smallest absolute Gasteiger partial charge is 0.269 e. The highest BCUT2D eigenvalue weighted by molar-refractivity contribution is 9.10. The topological polar surface area (TPSA) is 105 Å². The molecule has 1 N–H and O–H groups in total. The summed E-state index contributed by atoms with van der Waals surface area (Å²) in [6, 6.07) is 19.0. The van der Waals surface area contributed by atoms with Crippen LogP contribution in [0.1, 0.15) is 22.3 Å². The average Bonchev–Trinajstić information content (AvgIpc) is 2.79. The van der Waals surface area contributed by atoms with E-state index in [1.807, 2.05) is 32.0 Å². The van der Waals surface area contributed by atoms with Crippen molar-refractivity contribution in [2.24, 2.45) is 0 Å². The van der Waals surface area contributed by atoms with Crippen molar-refractivity contribution in [3.05, 3.63) is 97.5 Å². The minimum Gasteiger partial charge on any atom is -0.483 e. The first-order valence-corrected chi connectivity index (χ1v) is 10.7. The molecule has 1 amide bonds. The molecule has 0 bridgehead atoms. The van der Waals surface area contributed by atoms with Gasteiger partial charge in [-0.3, -0.25) is 14.9 Å². The molecule has 0 fully saturated rings. The van der Waals surface area contributed by atoms with E-state index in [1.54, 1.807) is 24.3 Å². The maximum Gasteiger partial charge on any atom is 0.269 e. The Kier molecular flexibility index (Phi) is 7.59. The second kappa shape index (κ2) is 10.6. The number of non-ortho nitro benzene ring substituents is 1. The highest BCUT2D eigenvalue weighted by Crippen LogP contribution is 2.28. The fourth-order valence-electron chi connectivity index (χ4n) is 3.03. The molecule has 3 rings (SSSR count). The van der Waals surface area contributed by atoms with Crippen LogP contribution in [0.15, 0.2) is 65.1 Å². The number of rotatable bonds is 7. The van der Waals surface area contributed by atoms with E-state index in [9.17, 15) is 20.2 Å². The number of halogens is 1. The molecule has 0 aliphatic carbocycles. The number of nitriles is 1. The minimum atomic E-state index is -0.488. The second-order valence-corrected chi connectivity index (χ2v) is 8.17. The Morgan fingerprint density at radius 3 is 2.52 bits per heavy atom. The van der Waals surface area contributed by atoms with Crippen LogP contribution in [-0.2, 0) is 4.79 Å². The molecule has 7 nitrogen and oxygen atoms in total. The first kappa shape index (κ1) is 23.7. The first-order valence-electron chi connectivity index (χ1n) is 9.93. The van der Waals surface area contributed by atoms with Crippen molar-refractivity contribution < 1.29 is 14.5 Å². The summed E-state index contributed by atoms with van der Waals surface area (Å²) in [5, 5.41) is 23.2. The lowest BCUT2D eigenvalue weighted by Gasteiger charge is -2.11. The molecule has 166 valence electrons. The molecule has 0 atom stereocenters. The summed E-state index contributed by atoms with van der Waals surface area (Å²) in [5.41, 5.74) is 4.38. The third-order valence-corrected chi connectivity index (χ3v) is 5.42. The molecule has 0 spiro atoms. The number of ether oxygens (including phenoxy) is 1. The van der Waals surface area contributed by atoms with Crippen LogP contribution in [0.2, 0.25) is 0 Å². The quantitative estimate of drug-likeness (QED) is 0.182. The summed E-state index contributed by atoms with van der Waals surface area (Å²) >= 11 is 3.43. The molecule has 0 aliphatic rings. The van der Waals surface area contributed by atoms with E-state index < -0.39 is 4.92 Å². The number of nitrogens with zero attached hydrogens (tertiary/aromatic N) is 2. The number of nitrogens with one attached hydrogen (secondary N) is 1. The van der Waals surface area contributed by atoms with Gasteiger partial charge < -0.3 is 10.1 Å². The number of carbonyl (C=O) groups is 1. The van der Waals surface area contributed by atoms with Gasteiger partial charge in [0, 0.05) is 17.8 Å². The summed E-state index contributed by atoms with van der Waals surface area (Å²) in [6.45, 7) is 3.72. The lowest BCUT2D eigenvalue weighted by molar-refractivity contribution is -0.384. The Hall–Kier alpha value is -3.96. The summed E-state index contributed by atoms with van der Waals surface area (Å²) in [7, 11) is 0. The molecule has 0 aliphatic heterocycles. The Morgan fingerprint density at radius 1 is 1.15 bits per heavy atom. The number of aryl methyl sites for hydroxylation is 2. The predicted octanol–water partition coefficient (Wildman–Crippen LogP) is 6.06. The van der Waals surface area contributed by atoms with Crippen molar-refractivity contribution in [3.63, 3.8) is 0 Å². The number of anilines is 1. The SMILES string of the molecule is Cc1ccc(C)c(NC(=O)COc2ccc(/C=C(\C#N)c3ccc([N+](=O)[O-])cc3)cc2Br)c1. The van der Waals surface area contributed by atoms with Gasteiger partial charge in [0.05, 0.1) is 21.0 Å². The van der Waals surface area contributed by atoms with Gasteiger partial charge in [-0.15, -0.1) is 0 Å². The van der Waals surface area contributed by atoms with Gasteiger partial charge in [-0.1, -0.05) is 18.2 Å². The number of benzene rings is 3. The summed E-state index contributed by atoms with van der Waals surface area (Å²) in [5.74, 6) is 0.210. The van der Waals surface area contributed by atoms with E-state index >= 15 is 0 Å². The van der Waals surface area contributed by atoms with Crippen LogP contribution in [0, 0.1) is 35.3 Å². The Balaban J connectivity index is 1.68. The standard InChI is InChI=1S/C25H20BrN3O4/c1-16-3-4-17(2)23(11-16)28-25(30)15-33-24-10-5-18(13-22(24)26)12-20(14-27)19-6-8-21(9-7-19)29(31)32/h3-13H,15H2,1-2H3,(H,28,30)/b20-12+. The molecular weight excluding hydrogens is 486 g/mol. The van der Waals surface area contributed by atoms with Crippen LogP contribution in [0.3, 0.4) is 0 Å². The third-order valence-electron chi connectivity index (χ3n) is 4.80. The van der Waals surface area contributed by atoms with Crippen molar-refractivity contribution in [1.29, 1.82) is 5.26 Å². The molecule has 0 radical (unpaired) electrons. The zero-order valence-corrected chi connectivity index (χ0v) is 19.5. The lowest BCUT2D eigenvalue weighted by atomic mass is 10.0. The number of nitro benzene ring substituents is 1. The maximum absolute atomic E-state index is 12.3. The van der Waals surface area contributed by atoms with Crippen molar-refractivity contribution in [3.8, 4) is 11.8 Å². The molecule has 0 aromatic heterocycles. The number of nitro groups is 1. The van der Waals surface area contributed by atoms with Crippen molar-refractivity contribution in [1.82, 2.24) is 0 Å². The maximum atomic E-state index is 12.3. The van der Waals surface area contributed by atoms with Gasteiger partial charge in [-0.05, 0) is 88.4 Å². The minimum absolute atomic E-state index is 0.0399. The molecule has 0 saturated carbocycles. The van der Waals surface area contributed by atoms with Gasteiger partial charge in [-0.2, -0.15) is 5.26 Å². The summed E-state index contributed by atoms with van der Waals surface area (Å²) < 4.78 is 6.26. The zero-order chi connectivity index (χ0) is 24.0. The first-order chi connectivity index (χ1) is 15.8. The van der Waals surface area contributed by atoms with Crippen molar-refractivity contribution in [2.75, 3.05) is 11.9 Å². The highest BCUT2D eigenvalue weighted by atomic mass is 79.9. The van der Waals surface area contributed by atoms with E-state index in [2.05, 4.69) is 27.3 Å². The molecule has 8 heteroatoms. The van der Waals surface area contributed by atoms with Gasteiger partial charge in [-0.25, -0.2) is 0 Å². The van der Waals surface area contributed by atoms with Gasteiger partial charge >= 0.3 is 0 Å². The van der Waals surface area contributed by atoms with Crippen molar-refractivity contribution >= 4 is 44.9 Å². The van der Waals surface area contributed by atoms with E-state index in [0.29, 0.717) is 21.4 Å². The number of carbonyl (C=O) groups excluding carboxylic acids is 1. The molecule has 0 saturated heterocycles. The zero-order valence-electron chi connectivity index (χ0n) is 18.0. The van der Waals surface area contributed by atoms with Crippen molar-refractivity contribution in [2.45, 2.75) is 13.8 Å². The monoisotopic (exact) mass is 505 g/mol. The largest absolute Gasteiger partial charge is 0.483 e. The number of amides is 1. The Morgan fingerprint density at radius 2 is 1.88 bits per heavy atom. The third kappa shape index (κ3) is 6.28. The number of hydrogen-bond acceptors (Lipinski definition) is 5. The van der Waals surface area contributed by atoms with E-state index in [4.69, 9.17) is 4.74 Å². The van der Waals surface area contributed by atoms with Crippen LogP contribution in [0.4, 0.5) is 11.4 Å². The highest BCUT2D eigenvalue weighted by Gasteiger charge is 2.10.